The second-order valence-electron chi connectivity index (χ2n) is 11.7. The molecule has 2 aromatic carbocycles. The Morgan fingerprint density at radius 3 is 2.02 bits per heavy atom. The maximum absolute atomic E-state index is 13.2. The fraction of sp³-hybridized carbons (Fsp3) is 0.567. The molecule has 0 unspecified atom stereocenters. The van der Waals surface area contributed by atoms with Crippen LogP contribution in [0, 0.1) is 6.92 Å². The van der Waals surface area contributed by atoms with Crippen molar-refractivity contribution < 1.29 is 31.1 Å². The summed E-state index contributed by atoms with van der Waals surface area (Å²) in [7, 11) is 2.13. The third-order valence-corrected chi connectivity index (χ3v) is 8.75. The lowest BCUT2D eigenvalue weighted by Crippen LogP contribution is -2.51. The molecule has 2 N–H and O–H groups in total. The van der Waals surface area contributed by atoms with Crippen LogP contribution in [0.4, 0.5) is 42.5 Å². The molecule has 2 heterocycles. The van der Waals surface area contributed by atoms with Gasteiger partial charge in [-0.2, -0.15) is 26.3 Å². The van der Waals surface area contributed by atoms with E-state index in [0.29, 0.717) is 38.1 Å². The van der Waals surface area contributed by atoms with Gasteiger partial charge in [-0.3, -0.25) is 0 Å². The number of hydrogen-bond donors (Lipinski definition) is 2. The molecule has 0 aromatic heterocycles. The van der Waals surface area contributed by atoms with Gasteiger partial charge in [0, 0.05) is 62.7 Å². The maximum Gasteiger partial charge on any atom is 0.416 e. The van der Waals surface area contributed by atoms with Crippen LogP contribution in [0.5, 0.6) is 0 Å². The zero-order valence-electron chi connectivity index (χ0n) is 23.8. The van der Waals surface area contributed by atoms with Crippen molar-refractivity contribution in [3.05, 3.63) is 58.1 Å². The highest BCUT2D eigenvalue weighted by Crippen LogP contribution is 2.38. The van der Waals surface area contributed by atoms with Crippen molar-refractivity contribution in [2.75, 3.05) is 56.5 Å². The van der Waals surface area contributed by atoms with Gasteiger partial charge in [0.05, 0.1) is 11.1 Å². The molecule has 2 aromatic rings. The van der Waals surface area contributed by atoms with Gasteiger partial charge < -0.3 is 25.3 Å². The van der Waals surface area contributed by atoms with Crippen LogP contribution in [0.2, 0.25) is 0 Å². The number of piperazine rings is 1. The molecule has 2 amide bonds. The lowest BCUT2D eigenvalue weighted by atomic mass is 9.84. The summed E-state index contributed by atoms with van der Waals surface area (Å²) in [6.07, 6.45) is -6.51. The predicted molar refractivity (Wildman–Crippen MR) is 150 cm³/mol. The molecule has 12 heteroatoms. The third kappa shape index (κ3) is 6.90. The maximum atomic E-state index is 13.2. The van der Waals surface area contributed by atoms with E-state index in [1.807, 2.05) is 0 Å². The van der Waals surface area contributed by atoms with Crippen LogP contribution in [0.3, 0.4) is 0 Å². The molecule has 230 valence electrons. The molecule has 6 nitrogen and oxygen atoms in total. The molecular formula is C30H37F6N5O. The van der Waals surface area contributed by atoms with Gasteiger partial charge in [-0.25, -0.2) is 4.79 Å². The van der Waals surface area contributed by atoms with Crippen LogP contribution in [-0.4, -0.2) is 74.2 Å². The Balaban J connectivity index is 1.18. The van der Waals surface area contributed by atoms with Crippen molar-refractivity contribution in [1.82, 2.24) is 15.1 Å². The summed E-state index contributed by atoms with van der Waals surface area (Å²) in [5.74, 6) is 0. The second kappa shape index (κ2) is 11.9. The summed E-state index contributed by atoms with van der Waals surface area (Å²) in [6, 6.07) is 5.36. The highest BCUT2D eigenvalue weighted by Gasteiger charge is 2.37. The number of likely N-dealkylation sites (tertiary alicyclic amines) is 1. The van der Waals surface area contributed by atoms with Gasteiger partial charge in [0.1, 0.15) is 0 Å². The summed E-state index contributed by atoms with van der Waals surface area (Å²) in [6.45, 7) is 6.77. The summed E-state index contributed by atoms with van der Waals surface area (Å²) in [4.78, 5) is 19.6. The number of carbonyl (C=O) groups is 1. The van der Waals surface area contributed by atoms with E-state index in [4.69, 9.17) is 0 Å². The summed E-state index contributed by atoms with van der Waals surface area (Å²) >= 11 is 0. The van der Waals surface area contributed by atoms with Gasteiger partial charge in [-0.15, -0.1) is 0 Å². The minimum absolute atomic E-state index is 0.0141. The molecule has 42 heavy (non-hydrogen) atoms. The molecule has 5 rings (SSSR count). The molecule has 0 spiro atoms. The van der Waals surface area contributed by atoms with Crippen LogP contribution in [0.25, 0.3) is 0 Å². The number of halogens is 6. The molecule has 1 aliphatic carbocycles. The van der Waals surface area contributed by atoms with Gasteiger partial charge in [-0.05, 0) is 87.0 Å². The zero-order valence-corrected chi connectivity index (χ0v) is 23.8. The first-order chi connectivity index (χ1) is 19.8. The van der Waals surface area contributed by atoms with Gasteiger partial charge in [0.2, 0.25) is 0 Å². The van der Waals surface area contributed by atoms with Gasteiger partial charge in [-0.1, -0.05) is 6.07 Å². The summed E-state index contributed by atoms with van der Waals surface area (Å²) < 4.78 is 79.4. The van der Waals surface area contributed by atoms with E-state index in [9.17, 15) is 31.1 Å². The predicted octanol–water partition coefficient (Wildman–Crippen LogP) is 5.93. The number of carbonyl (C=O) groups excluding carboxylic acids is 1. The number of anilines is 2. The number of piperidine rings is 1. The Morgan fingerprint density at radius 1 is 0.810 bits per heavy atom. The lowest BCUT2D eigenvalue weighted by molar-refractivity contribution is -0.143. The SMILES string of the molecule is Cc1ccc(N2CCN(C)CC2)c2c1CC[C@H](NC(=O)N1CCC(Nc3cc(C(F)(F)F)cc(C(F)(F)F)c3)CC1)C2. The minimum Gasteiger partial charge on any atom is -0.382 e. The molecule has 1 atom stereocenters. The van der Waals surface area contributed by atoms with E-state index in [2.05, 4.69) is 46.5 Å². The second-order valence-corrected chi connectivity index (χ2v) is 11.7. The van der Waals surface area contributed by atoms with E-state index in [1.54, 1.807) is 4.90 Å². The number of likely N-dealkylation sites (N-methyl/N-ethyl adjacent to an activating group) is 1. The normalized spacial score (nSPS) is 20.8. The quantitative estimate of drug-likeness (QED) is 0.430. The van der Waals surface area contributed by atoms with Crippen molar-refractivity contribution in [3.63, 3.8) is 0 Å². The Hall–Kier alpha value is -3.15. The molecule has 2 fully saturated rings. The average molecular weight is 598 g/mol. The van der Waals surface area contributed by atoms with Gasteiger partial charge in [0.25, 0.3) is 0 Å². The fourth-order valence-corrected chi connectivity index (χ4v) is 6.27. The third-order valence-electron chi connectivity index (χ3n) is 8.75. The van der Waals surface area contributed by atoms with Crippen molar-refractivity contribution in [2.24, 2.45) is 0 Å². The number of nitrogens with zero attached hydrogens (tertiary/aromatic N) is 3. The van der Waals surface area contributed by atoms with E-state index < -0.39 is 23.5 Å². The average Bonchev–Trinajstić information content (AvgIpc) is 2.93. The fourth-order valence-electron chi connectivity index (χ4n) is 6.27. The first-order valence-corrected chi connectivity index (χ1v) is 14.4. The number of aryl methyl sites for hydroxylation is 1. The number of hydrogen-bond acceptors (Lipinski definition) is 4. The standard InChI is InChI=1S/C30H37F6N5O/c1-19-3-6-27(40-13-11-39(2)12-14-40)26-18-23(4-5-25(19)26)38-28(42)41-9-7-22(8-10-41)37-24-16-20(29(31,32)33)15-21(17-24)30(34,35)36/h3,6,15-17,22-23,37H,4-5,7-14,18H2,1-2H3,(H,38,42)/t23-/m0/s1. The number of amides is 2. The van der Waals surface area contributed by atoms with E-state index >= 15 is 0 Å². The summed E-state index contributed by atoms with van der Waals surface area (Å²) in [5.41, 5.74) is 2.26. The van der Waals surface area contributed by atoms with Crippen LogP contribution >= 0.6 is 0 Å². The number of urea groups is 1. The number of fused-ring (bicyclic) bond motifs is 1. The van der Waals surface area contributed by atoms with Crippen LogP contribution in [0.1, 0.15) is 47.1 Å². The van der Waals surface area contributed by atoms with Crippen molar-refractivity contribution in [3.8, 4) is 0 Å². The molecule has 0 saturated carbocycles. The molecule has 0 radical (unpaired) electrons. The topological polar surface area (TPSA) is 50.9 Å². The highest BCUT2D eigenvalue weighted by molar-refractivity contribution is 5.75. The Morgan fingerprint density at radius 2 is 1.43 bits per heavy atom. The zero-order chi connectivity index (χ0) is 30.2. The van der Waals surface area contributed by atoms with Crippen LogP contribution in [-0.2, 0) is 25.2 Å². The van der Waals surface area contributed by atoms with Crippen molar-refractivity contribution in [2.45, 2.75) is 63.5 Å². The van der Waals surface area contributed by atoms with Gasteiger partial charge >= 0.3 is 18.4 Å². The number of nitrogens with one attached hydrogen (secondary N) is 2. The van der Waals surface area contributed by atoms with Crippen LogP contribution < -0.4 is 15.5 Å². The van der Waals surface area contributed by atoms with E-state index in [0.717, 1.165) is 45.4 Å². The largest absolute Gasteiger partial charge is 0.416 e. The van der Waals surface area contributed by atoms with E-state index in [-0.39, 0.29) is 29.9 Å². The molecule has 2 aliphatic heterocycles. The smallest absolute Gasteiger partial charge is 0.382 e. The van der Waals surface area contributed by atoms with Gasteiger partial charge in [0.15, 0.2) is 0 Å². The first kappa shape index (κ1) is 30.3. The molecule has 2 saturated heterocycles. The van der Waals surface area contributed by atoms with Crippen LogP contribution in [0.15, 0.2) is 30.3 Å². The lowest BCUT2D eigenvalue weighted by Gasteiger charge is -2.38. The molecule has 0 bridgehead atoms. The van der Waals surface area contributed by atoms with Crippen molar-refractivity contribution in [1.29, 1.82) is 0 Å². The number of benzene rings is 2. The highest BCUT2D eigenvalue weighted by atomic mass is 19.4. The van der Waals surface area contributed by atoms with E-state index in [1.165, 1.54) is 22.4 Å². The molecule has 3 aliphatic rings. The monoisotopic (exact) mass is 597 g/mol. The Labute approximate surface area is 242 Å². The minimum atomic E-state index is -4.90. The summed E-state index contributed by atoms with van der Waals surface area (Å²) in [5, 5.41) is 6.03. The van der Waals surface area contributed by atoms with Crippen molar-refractivity contribution >= 4 is 17.4 Å². The first-order valence-electron chi connectivity index (χ1n) is 14.4. The number of alkyl halides is 6. The Kier molecular flexibility index (Phi) is 8.55. The number of rotatable bonds is 4. The molecular weight excluding hydrogens is 560 g/mol. The Bertz CT molecular complexity index is 1250.